The summed E-state index contributed by atoms with van der Waals surface area (Å²) in [5.74, 6) is 0.823. The Morgan fingerprint density at radius 2 is 1.96 bits per heavy atom. The van der Waals surface area contributed by atoms with Gasteiger partial charge in [0.15, 0.2) is 5.96 Å². The number of hydrogen-bond acceptors (Lipinski definition) is 3. The van der Waals surface area contributed by atoms with Crippen LogP contribution in [0.5, 0.6) is 0 Å². The summed E-state index contributed by atoms with van der Waals surface area (Å²) in [5, 5.41) is 8.91. The first kappa shape index (κ1) is 16.6. The normalized spacial score (nSPS) is 15.6. The van der Waals surface area contributed by atoms with Crippen molar-refractivity contribution in [3.63, 3.8) is 0 Å². The molecule has 5 heteroatoms. The van der Waals surface area contributed by atoms with E-state index in [0.29, 0.717) is 0 Å². The molecule has 1 atom stereocenters. The molecule has 3 rings (SSSR count). The maximum Gasteiger partial charge on any atom is 0.191 e. The lowest BCUT2D eigenvalue weighted by atomic mass is 10.2. The highest BCUT2D eigenvalue weighted by molar-refractivity contribution is 7.10. The summed E-state index contributed by atoms with van der Waals surface area (Å²) in [6, 6.07) is 13.2. The van der Waals surface area contributed by atoms with Gasteiger partial charge in [0.2, 0.25) is 0 Å². The molecule has 4 nitrogen and oxygen atoms in total. The summed E-state index contributed by atoms with van der Waals surface area (Å²) in [6.07, 6.45) is 4.42. The van der Waals surface area contributed by atoms with Crippen molar-refractivity contribution in [2.75, 3.05) is 25.0 Å². The van der Waals surface area contributed by atoms with E-state index >= 15 is 0 Å². The number of guanidine groups is 1. The first-order valence-corrected chi connectivity index (χ1v) is 9.13. The van der Waals surface area contributed by atoms with Gasteiger partial charge in [0.1, 0.15) is 0 Å². The van der Waals surface area contributed by atoms with E-state index in [2.05, 4.69) is 81.4 Å². The number of nitrogens with zero attached hydrogens (tertiary/aromatic N) is 2. The minimum atomic E-state index is 0.251. The predicted octanol–water partition coefficient (Wildman–Crippen LogP) is 3.55. The van der Waals surface area contributed by atoms with E-state index < -0.39 is 0 Å². The Morgan fingerprint density at radius 1 is 1.21 bits per heavy atom. The topological polar surface area (TPSA) is 39.7 Å². The first-order valence-electron chi connectivity index (χ1n) is 8.26. The second-order valence-electron chi connectivity index (χ2n) is 5.85. The molecule has 1 aromatic carbocycles. The van der Waals surface area contributed by atoms with Crippen LogP contribution in [0.25, 0.3) is 0 Å². The Bertz CT molecular complexity index is 681. The third kappa shape index (κ3) is 4.17. The van der Waals surface area contributed by atoms with E-state index in [1.165, 1.54) is 16.1 Å². The van der Waals surface area contributed by atoms with E-state index in [-0.39, 0.29) is 6.04 Å². The molecule has 2 N–H and O–H groups in total. The van der Waals surface area contributed by atoms with Crippen LogP contribution in [0.4, 0.5) is 5.69 Å². The molecule has 2 heterocycles. The number of thiophene rings is 1. The first-order chi connectivity index (χ1) is 11.8. The summed E-state index contributed by atoms with van der Waals surface area (Å²) < 4.78 is 0. The second kappa shape index (κ2) is 8.02. The zero-order valence-electron chi connectivity index (χ0n) is 14.2. The fourth-order valence-corrected chi connectivity index (χ4v) is 3.44. The lowest BCUT2D eigenvalue weighted by Crippen LogP contribution is -2.38. The van der Waals surface area contributed by atoms with Crippen LogP contribution in [0.15, 0.2) is 58.9 Å². The molecule has 2 aromatic rings. The molecule has 24 heavy (non-hydrogen) atoms. The maximum absolute atomic E-state index is 4.32. The predicted molar refractivity (Wildman–Crippen MR) is 104 cm³/mol. The fraction of sp³-hybridized carbons (Fsp3) is 0.316. The molecule has 0 spiro atoms. The number of hydrogen-bond donors (Lipinski definition) is 2. The molecule has 0 saturated carbocycles. The van der Waals surface area contributed by atoms with Crippen LogP contribution in [0, 0.1) is 0 Å². The van der Waals surface area contributed by atoms with Crippen LogP contribution in [-0.4, -0.2) is 26.1 Å². The number of benzene rings is 1. The SMILES string of the molecule is CN=C(NCc1ccc(N2CC=CC2)cc1)NC(C)c1cccs1. The maximum atomic E-state index is 4.32. The minimum Gasteiger partial charge on any atom is -0.364 e. The molecule has 0 amide bonds. The van der Waals surface area contributed by atoms with E-state index in [1.807, 2.05) is 0 Å². The molecule has 1 aliphatic rings. The van der Waals surface area contributed by atoms with Crippen molar-refractivity contribution in [2.45, 2.75) is 19.5 Å². The van der Waals surface area contributed by atoms with Crippen molar-refractivity contribution in [2.24, 2.45) is 4.99 Å². The van der Waals surface area contributed by atoms with Crippen molar-refractivity contribution in [1.82, 2.24) is 10.6 Å². The standard InChI is InChI=1S/C19H24N4S/c1-15(18-6-5-13-24-18)22-19(20-2)21-14-16-7-9-17(10-8-16)23-11-3-4-12-23/h3-10,13,15H,11-12,14H2,1-2H3,(H2,20,21,22). The highest BCUT2D eigenvalue weighted by Crippen LogP contribution is 2.19. The van der Waals surface area contributed by atoms with Gasteiger partial charge in [0.05, 0.1) is 6.04 Å². The molecule has 0 saturated heterocycles. The van der Waals surface area contributed by atoms with Crippen LogP contribution in [0.1, 0.15) is 23.4 Å². The molecule has 1 aromatic heterocycles. The van der Waals surface area contributed by atoms with E-state index in [4.69, 9.17) is 0 Å². The van der Waals surface area contributed by atoms with Gasteiger partial charge in [-0.05, 0) is 36.1 Å². The van der Waals surface area contributed by atoms with Gasteiger partial charge in [-0.1, -0.05) is 30.4 Å². The number of nitrogens with one attached hydrogen (secondary N) is 2. The zero-order chi connectivity index (χ0) is 16.8. The fourth-order valence-electron chi connectivity index (χ4n) is 2.71. The summed E-state index contributed by atoms with van der Waals surface area (Å²) in [5.41, 5.74) is 2.52. The van der Waals surface area contributed by atoms with Gasteiger partial charge >= 0.3 is 0 Å². The van der Waals surface area contributed by atoms with Gasteiger partial charge in [0.25, 0.3) is 0 Å². The second-order valence-corrected chi connectivity index (χ2v) is 6.83. The third-order valence-electron chi connectivity index (χ3n) is 4.13. The molecule has 0 aliphatic carbocycles. The Morgan fingerprint density at radius 3 is 2.58 bits per heavy atom. The van der Waals surface area contributed by atoms with E-state index in [1.54, 1.807) is 18.4 Å². The van der Waals surface area contributed by atoms with Crippen molar-refractivity contribution in [3.8, 4) is 0 Å². The van der Waals surface area contributed by atoms with Crippen LogP contribution >= 0.6 is 11.3 Å². The van der Waals surface area contributed by atoms with Crippen LogP contribution in [0.3, 0.4) is 0 Å². The van der Waals surface area contributed by atoms with Crippen molar-refractivity contribution in [3.05, 3.63) is 64.4 Å². The van der Waals surface area contributed by atoms with Gasteiger partial charge in [0, 0.05) is 37.2 Å². The Kier molecular flexibility index (Phi) is 5.54. The molecule has 0 radical (unpaired) electrons. The monoisotopic (exact) mass is 340 g/mol. The smallest absolute Gasteiger partial charge is 0.191 e. The third-order valence-corrected chi connectivity index (χ3v) is 5.18. The van der Waals surface area contributed by atoms with Gasteiger partial charge in [-0.25, -0.2) is 0 Å². The van der Waals surface area contributed by atoms with Crippen LogP contribution in [0.2, 0.25) is 0 Å². The average molecular weight is 340 g/mol. The Balaban J connectivity index is 1.52. The molecular formula is C19H24N4S. The van der Waals surface area contributed by atoms with Crippen molar-refractivity contribution >= 4 is 23.0 Å². The quantitative estimate of drug-likeness (QED) is 0.497. The lowest BCUT2D eigenvalue weighted by Gasteiger charge is -2.19. The number of rotatable bonds is 5. The molecule has 1 aliphatic heterocycles. The van der Waals surface area contributed by atoms with Gasteiger partial charge in [-0.15, -0.1) is 11.3 Å². The Hall–Kier alpha value is -2.27. The average Bonchev–Trinajstić information content (AvgIpc) is 3.32. The number of aliphatic imine (C=N–C) groups is 1. The zero-order valence-corrected chi connectivity index (χ0v) is 15.0. The minimum absolute atomic E-state index is 0.251. The summed E-state index contributed by atoms with van der Waals surface area (Å²) >= 11 is 1.76. The van der Waals surface area contributed by atoms with Gasteiger partial charge < -0.3 is 15.5 Å². The molecular weight excluding hydrogens is 316 g/mol. The largest absolute Gasteiger partial charge is 0.364 e. The summed E-state index contributed by atoms with van der Waals surface area (Å²) in [7, 11) is 1.81. The highest BCUT2D eigenvalue weighted by Gasteiger charge is 2.09. The highest BCUT2D eigenvalue weighted by atomic mass is 32.1. The summed E-state index contributed by atoms with van der Waals surface area (Å²) in [4.78, 5) is 7.97. The van der Waals surface area contributed by atoms with E-state index in [0.717, 1.165) is 25.6 Å². The van der Waals surface area contributed by atoms with E-state index in [9.17, 15) is 0 Å². The molecule has 0 fully saturated rings. The van der Waals surface area contributed by atoms with Crippen LogP contribution in [-0.2, 0) is 6.54 Å². The lowest BCUT2D eigenvalue weighted by molar-refractivity contribution is 0.696. The van der Waals surface area contributed by atoms with Crippen molar-refractivity contribution in [1.29, 1.82) is 0 Å². The van der Waals surface area contributed by atoms with Gasteiger partial charge in [-0.2, -0.15) is 0 Å². The Labute approximate surface area is 147 Å². The summed E-state index contributed by atoms with van der Waals surface area (Å²) in [6.45, 7) is 4.93. The molecule has 0 bridgehead atoms. The van der Waals surface area contributed by atoms with Gasteiger partial charge in [-0.3, -0.25) is 4.99 Å². The van der Waals surface area contributed by atoms with Crippen molar-refractivity contribution < 1.29 is 0 Å². The number of anilines is 1. The van der Waals surface area contributed by atoms with Crippen LogP contribution < -0.4 is 15.5 Å². The molecule has 1 unspecified atom stereocenters. The molecule has 126 valence electrons.